The second kappa shape index (κ2) is 7.13. The molecule has 0 aromatic heterocycles. The van der Waals surface area contributed by atoms with E-state index in [1.165, 1.54) is 6.92 Å². The molecular formula is C16H16BrNO3. The second-order valence-electron chi connectivity index (χ2n) is 4.45. The molecule has 2 rings (SSSR count). The Labute approximate surface area is 132 Å². The molecule has 0 unspecified atom stereocenters. The van der Waals surface area contributed by atoms with E-state index in [1.54, 1.807) is 19.2 Å². The molecular weight excluding hydrogens is 334 g/mol. The highest BCUT2D eigenvalue weighted by Crippen LogP contribution is 2.25. The van der Waals surface area contributed by atoms with Gasteiger partial charge in [0.1, 0.15) is 18.1 Å². The van der Waals surface area contributed by atoms with Gasteiger partial charge in [-0.2, -0.15) is 0 Å². The van der Waals surface area contributed by atoms with Gasteiger partial charge in [0.05, 0.1) is 7.11 Å². The SMILES string of the molecule is COc1ccc(Br)cc1COc1ccc(NC(C)=O)cc1. The Hall–Kier alpha value is -2.01. The third-order valence-corrected chi connectivity index (χ3v) is 3.30. The predicted molar refractivity (Wildman–Crippen MR) is 85.8 cm³/mol. The molecule has 0 spiro atoms. The summed E-state index contributed by atoms with van der Waals surface area (Å²) in [5.41, 5.74) is 1.70. The van der Waals surface area contributed by atoms with Crippen LogP contribution in [0.25, 0.3) is 0 Å². The molecule has 0 heterocycles. The van der Waals surface area contributed by atoms with E-state index in [1.807, 2.05) is 30.3 Å². The Morgan fingerprint density at radius 2 is 1.90 bits per heavy atom. The highest BCUT2D eigenvalue weighted by Gasteiger charge is 2.05. The van der Waals surface area contributed by atoms with Crippen molar-refractivity contribution in [1.29, 1.82) is 0 Å². The van der Waals surface area contributed by atoms with E-state index in [-0.39, 0.29) is 5.91 Å². The van der Waals surface area contributed by atoms with Gasteiger partial charge in [0, 0.05) is 22.6 Å². The number of ether oxygens (including phenoxy) is 2. The van der Waals surface area contributed by atoms with Crippen LogP contribution in [0.15, 0.2) is 46.9 Å². The summed E-state index contributed by atoms with van der Waals surface area (Å²) in [6.45, 7) is 1.88. The highest BCUT2D eigenvalue weighted by atomic mass is 79.9. The van der Waals surface area contributed by atoms with E-state index in [9.17, 15) is 4.79 Å². The number of carbonyl (C=O) groups excluding carboxylic acids is 1. The van der Waals surface area contributed by atoms with Gasteiger partial charge in [-0.1, -0.05) is 15.9 Å². The molecule has 5 heteroatoms. The van der Waals surface area contributed by atoms with Crippen LogP contribution in [0.4, 0.5) is 5.69 Å². The molecule has 0 aliphatic rings. The van der Waals surface area contributed by atoms with Crippen LogP contribution in [0.3, 0.4) is 0 Å². The Bertz CT molecular complexity index is 626. The molecule has 110 valence electrons. The van der Waals surface area contributed by atoms with Gasteiger partial charge in [0.15, 0.2) is 0 Å². The summed E-state index contributed by atoms with van der Waals surface area (Å²) in [6, 6.07) is 13.0. The summed E-state index contributed by atoms with van der Waals surface area (Å²) in [7, 11) is 1.63. The summed E-state index contributed by atoms with van der Waals surface area (Å²) in [5, 5.41) is 2.71. The molecule has 0 aliphatic heterocycles. The van der Waals surface area contributed by atoms with Gasteiger partial charge in [0.2, 0.25) is 5.91 Å². The topological polar surface area (TPSA) is 47.6 Å². The lowest BCUT2D eigenvalue weighted by Gasteiger charge is -2.11. The smallest absolute Gasteiger partial charge is 0.221 e. The van der Waals surface area contributed by atoms with Crippen LogP contribution in [-0.4, -0.2) is 13.0 Å². The van der Waals surface area contributed by atoms with Crippen molar-refractivity contribution >= 4 is 27.5 Å². The van der Waals surface area contributed by atoms with Gasteiger partial charge in [-0.05, 0) is 42.5 Å². The van der Waals surface area contributed by atoms with Crippen molar-refractivity contribution in [3.8, 4) is 11.5 Å². The summed E-state index contributed by atoms with van der Waals surface area (Å²) in [4.78, 5) is 11.0. The third kappa shape index (κ3) is 4.49. The zero-order valence-electron chi connectivity index (χ0n) is 11.9. The average molecular weight is 350 g/mol. The van der Waals surface area contributed by atoms with E-state index in [0.29, 0.717) is 6.61 Å². The first kappa shape index (κ1) is 15.4. The fraction of sp³-hybridized carbons (Fsp3) is 0.188. The van der Waals surface area contributed by atoms with Gasteiger partial charge < -0.3 is 14.8 Å². The lowest BCUT2D eigenvalue weighted by molar-refractivity contribution is -0.114. The van der Waals surface area contributed by atoms with Crippen LogP contribution in [0.1, 0.15) is 12.5 Å². The average Bonchev–Trinajstić information content (AvgIpc) is 2.46. The fourth-order valence-electron chi connectivity index (χ4n) is 1.86. The van der Waals surface area contributed by atoms with Crippen LogP contribution in [0, 0.1) is 0 Å². The number of nitrogens with one attached hydrogen (secondary N) is 1. The van der Waals surface area contributed by atoms with Gasteiger partial charge in [-0.3, -0.25) is 4.79 Å². The van der Waals surface area contributed by atoms with E-state index < -0.39 is 0 Å². The number of hydrogen-bond donors (Lipinski definition) is 1. The number of methoxy groups -OCH3 is 1. The van der Waals surface area contributed by atoms with Crippen LogP contribution in [0.5, 0.6) is 11.5 Å². The highest BCUT2D eigenvalue weighted by molar-refractivity contribution is 9.10. The quantitative estimate of drug-likeness (QED) is 0.887. The normalized spacial score (nSPS) is 10.0. The first-order valence-corrected chi connectivity index (χ1v) is 7.20. The van der Waals surface area contributed by atoms with Crippen molar-refractivity contribution in [3.63, 3.8) is 0 Å². The summed E-state index contributed by atoms with van der Waals surface area (Å²) in [5.74, 6) is 1.42. The lowest BCUT2D eigenvalue weighted by Crippen LogP contribution is -2.05. The minimum absolute atomic E-state index is 0.0949. The molecule has 2 aromatic rings. The van der Waals surface area contributed by atoms with Crippen molar-refractivity contribution in [1.82, 2.24) is 0 Å². The molecule has 0 aliphatic carbocycles. The number of anilines is 1. The number of carbonyl (C=O) groups is 1. The largest absolute Gasteiger partial charge is 0.496 e. The van der Waals surface area contributed by atoms with Gasteiger partial charge in [-0.25, -0.2) is 0 Å². The van der Waals surface area contributed by atoms with Crippen molar-refractivity contribution in [3.05, 3.63) is 52.5 Å². The number of hydrogen-bond acceptors (Lipinski definition) is 3. The van der Waals surface area contributed by atoms with Crippen molar-refractivity contribution < 1.29 is 14.3 Å². The zero-order chi connectivity index (χ0) is 15.2. The Balaban J connectivity index is 2.03. The minimum atomic E-state index is -0.0949. The van der Waals surface area contributed by atoms with E-state index in [0.717, 1.165) is 27.2 Å². The molecule has 0 radical (unpaired) electrons. The van der Waals surface area contributed by atoms with Crippen molar-refractivity contribution in [2.45, 2.75) is 13.5 Å². The maximum Gasteiger partial charge on any atom is 0.221 e. The molecule has 1 amide bonds. The first-order valence-electron chi connectivity index (χ1n) is 6.41. The first-order chi connectivity index (χ1) is 10.1. The minimum Gasteiger partial charge on any atom is -0.496 e. The van der Waals surface area contributed by atoms with Crippen molar-refractivity contribution in [2.24, 2.45) is 0 Å². The van der Waals surface area contributed by atoms with Gasteiger partial charge in [0.25, 0.3) is 0 Å². The Morgan fingerprint density at radius 3 is 2.52 bits per heavy atom. The number of halogens is 1. The second-order valence-corrected chi connectivity index (χ2v) is 5.37. The maximum atomic E-state index is 11.0. The Kier molecular flexibility index (Phi) is 5.22. The monoisotopic (exact) mass is 349 g/mol. The summed E-state index contributed by atoms with van der Waals surface area (Å²) >= 11 is 3.43. The standard InChI is InChI=1S/C16H16BrNO3/c1-11(19)18-14-4-6-15(7-5-14)21-10-12-9-13(17)3-8-16(12)20-2/h3-9H,10H2,1-2H3,(H,18,19). The molecule has 1 N–H and O–H groups in total. The third-order valence-electron chi connectivity index (χ3n) is 2.81. The molecule has 4 nitrogen and oxygen atoms in total. The van der Waals surface area contributed by atoms with Crippen LogP contribution in [-0.2, 0) is 11.4 Å². The predicted octanol–water partition coefficient (Wildman–Crippen LogP) is 4.00. The summed E-state index contributed by atoms with van der Waals surface area (Å²) in [6.07, 6.45) is 0. The van der Waals surface area contributed by atoms with E-state index in [4.69, 9.17) is 9.47 Å². The number of benzene rings is 2. The summed E-state index contributed by atoms with van der Waals surface area (Å²) < 4.78 is 12.0. The van der Waals surface area contributed by atoms with Crippen molar-refractivity contribution in [2.75, 3.05) is 12.4 Å². The lowest BCUT2D eigenvalue weighted by atomic mass is 10.2. The number of rotatable bonds is 5. The van der Waals surface area contributed by atoms with Gasteiger partial charge in [-0.15, -0.1) is 0 Å². The van der Waals surface area contributed by atoms with Crippen LogP contribution < -0.4 is 14.8 Å². The molecule has 0 saturated carbocycles. The fourth-order valence-corrected chi connectivity index (χ4v) is 2.27. The zero-order valence-corrected chi connectivity index (χ0v) is 13.4. The molecule has 2 aromatic carbocycles. The molecule has 0 saturated heterocycles. The molecule has 21 heavy (non-hydrogen) atoms. The van der Waals surface area contributed by atoms with Crippen LogP contribution >= 0.6 is 15.9 Å². The molecule has 0 bridgehead atoms. The van der Waals surface area contributed by atoms with Crippen LogP contribution in [0.2, 0.25) is 0 Å². The molecule has 0 atom stereocenters. The Morgan fingerprint density at radius 1 is 1.19 bits per heavy atom. The maximum absolute atomic E-state index is 11.0. The van der Waals surface area contributed by atoms with Gasteiger partial charge >= 0.3 is 0 Å². The number of amides is 1. The van der Waals surface area contributed by atoms with E-state index in [2.05, 4.69) is 21.2 Å². The molecule has 0 fully saturated rings. The van der Waals surface area contributed by atoms with E-state index >= 15 is 0 Å².